The molecular formula is C21H35NO10. The molecule has 3 aliphatic heterocycles. The Bertz CT molecular complexity index is 707. The van der Waals surface area contributed by atoms with Gasteiger partial charge in [-0.1, -0.05) is 0 Å². The van der Waals surface area contributed by atoms with Crippen LogP contribution in [-0.4, -0.2) is 96.2 Å². The first kappa shape index (κ1) is 25.1. The van der Waals surface area contributed by atoms with Crippen LogP contribution in [0.4, 0.5) is 4.79 Å². The summed E-state index contributed by atoms with van der Waals surface area (Å²) in [7, 11) is 1.19. The summed E-state index contributed by atoms with van der Waals surface area (Å²) in [5.74, 6) is -1.55. The lowest BCUT2D eigenvalue weighted by molar-refractivity contribution is -0.192. The number of aliphatic hydroxyl groups excluding tert-OH is 2. The molecule has 11 heteroatoms. The van der Waals surface area contributed by atoms with Gasteiger partial charge in [0.2, 0.25) is 0 Å². The fraction of sp³-hybridized carbons (Fsp3) is 0.905. The van der Waals surface area contributed by atoms with Crippen LogP contribution >= 0.6 is 0 Å². The summed E-state index contributed by atoms with van der Waals surface area (Å²) in [5.41, 5.74) is -2.18. The number of aliphatic hydroxyl groups is 2. The number of rotatable bonds is 6. The zero-order valence-corrected chi connectivity index (χ0v) is 19.5. The van der Waals surface area contributed by atoms with E-state index in [0.29, 0.717) is 6.61 Å². The van der Waals surface area contributed by atoms with E-state index in [-0.39, 0.29) is 18.9 Å². The second-order valence-corrected chi connectivity index (χ2v) is 9.99. The monoisotopic (exact) mass is 461 g/mol. The van der Waals surface area contributed by atoms with Gasteiger partial charge < -0.3 is 44.0 Å². The summed E-state index contributed by atoms with van der Waals surface area (Å²) in [6.07, 6.45) is -3.97. The van der Waals surface area contributed by atoms with Gasteiger partial charge in [-0.05, 0) is 34.6 Å². The molecule has 32 heavy (non-hydrogen) atoms. The molecule has 0 aromatic heterocycles. The minimum Gasteiger partial charge on any atom is -0.467 e. The van der Waals surface area contributed by atoms with E-state index in [1.807, 2.05) is 0 Å². The van der Waals surface area contributed by atoms with Gasteiger partial charge in [0.1, 0.15) is 41.7 Å². The van der Waals surface area contributed by atoms with Crippen LogP contribution in [0.3, 0.4) is 0 Å². The van der Waals surface area contributed by atoms with Gasteiger partial charge in [-0.15, -0.1) is 0 Å². The Morgan fingerprint density at radius 1 is 1.16 bits per heavy atom. The van der Waals surface area contributed by atoms with Crippen LogP contribution in [-0.2, 0) is 33.2 Å². The molecule has 0 radical (unpaired) electrons. The van der Waals surface area contributed by atoms with E-state index in [0.717, 1.165) is 0 Å². The van der Waals surface area contributed by atoms with Crippen molar-refractivity contribution in [2.75, 3.05) is 20.3 Å². The quantitative estimate of drug-likeness (QED) is 0.471. The number of methoxy groups -OCH3 is 1. The van der Waals surface area contributed by atoms with Gasteiger partial charge in [0.25, 0.3) is 0 Å². The Morgan fingerprint density at radius 2 is 1.81 bits per heavy atom. The van der Waals surface area contributed by atoms with Crippen LogP contribution in [0.1, 0.15) is 47.5 Å². The SMILES string of the molecule is COC(=O)[C@H](C[C@]1([C@@H](O)CO)C[C@H]2OC[C@H]3OC(C)(C)O[C@H]3[C@H]2O1)NC(=O)OC(C)(C)C. The van der Waals surface area contributed by atoms with Gasteiger partial charge in [-0.2, -0.15) is 0 Å². The van der Waals surface area contributed by atoms with E-state index in [4.69, 9.17) is 28.4 Å². The van der Waals surface area contributed by atoms with Crippen molar-refractivity contribution in [1.29, 1.82) is 0 Å². The van der Waals surface area contributed by atoms with Crippen LogP contribution in [0.25, 0.3) is 0 Å². The normalized spacial score (nSPS) is 35.4. The number of carbonyl (C=O) groups excluding carboxylic acids is 2. The second kappa shape index (κ2) is 9.03. The molecule has 3 N–H and O–H groups in total. The highest BCUT2D eigenvalue weighted by molar-refractivity contribution is 5.81. The first-order chi connectivity index (χ1) is 14.8. The number of nitrogens with one attached hydrogen (secondary N) is 1. The lowest BCUT2D eigenvalue weighted by Crippen LogP contribution is -2.54. The maximum atomic E-state index is 12.5. The number of esters is 1. The van der Waals surface area contributed by atoms with Crippen molar-refractivity contribution in [2.24, 2.45) is 0 Å². The van der Waals surface area contributed by atoms with Gasteiger partial charge in [0, 0.05) is 12.8 Å². The number of carbonyl (C=O) groups is 2. The summed E-state index contributed by atoms with van der Waals surface area (Å²) < 4.78 is 34.2. The minimum absolute atomic E-state index is 0.168. The van der Waals surface area contributed by atoms with E-state index in [1.54, 1.807) is 34.6 Å². The number of hydrogen-bond donors (Lipinski definition) is 3. The van der Waals surface area contributed by atoms with Crippen LogP contribution in [0.5, 0.6) is 0 Å². The van der Waals surface area contributed by atoms with E-state index in [2.05, 4.69) is 5.32 Å². The number of hydrogen-bond acceptors (Lipinski definition) is 10. The number of alkyl carbamates (subject to hydrolysis) is 1. The van der Waals surface area contributed by atoms with Gasteiger partial charge >= 0.3 is 12.1 Å². The maximum Gasteiger partial charge on any atom is 0.408 e. The Hall–Kier alpha value is -1.50. The first-order valence-electron chi connectivity index (χ1n) is 10.8. The Kier molecular flexibility index (Phi) is 7.09. The molecular weight excluding hydrogens is 426 g/mol. The molecule has 1 amide bonds. The van der Waals surface area contributed by atoms with Crippen LogP contribution in [0, 0.1) is 0 Å². The van der Waals surface area contributed by atoms with Gasteiger partial charge in [-0.3, -0.25) is 0 Å². The van der Waals surface area contributed by atoms with Crippen molar-refractivity contribution in [1.82, 2.24) is 5.32 Å². The average molecular weight is 462 g/mol. The molecule has 0 aromatic carbocycles. The lowest BCUT2D eigenvalue weighted by atomic mass is 9.85. The van der Waals surface area contributed by atoms with E-state index >= 15 is 0 Å². The third-order valence-corrected chi connectivity index (χ3v) is 5.81. The highest BCUT2D eigenvalue weighted by Gasteiger charge is 2.61. The van der Waals surface area contributed by atoms with Crippen molar-refractivity contribution >= 4 is 12.1 Å². The molecule has 3 fully saturated rings. The maximum absolute atomic E-state index is 12.5. The summed E-state index contributed by atoms with van der Waals surface area (Å²) in [5, 5.41) is 23.0. The molecule has 0 unspecified atom stereocenters. The number of ether oxygens (including phenoxy) is 6. The Labute approximate surface area is 187 Å². The smallest absolute Gasteiger partial charge is 0.408 e. The van der Waals surface area contributed by atoms with Crippen LogP contribution < -0.4 is 5.32 Å². The minimum atomic E-state index is -1.40. The predicted octanol–water partition coefficient (Wildman–Crippen LogP) is 0.243. The molecule has 0 saturated carbocycles. The van der Waals surface area contributed by atoms with Crippen molar-refractivity contribution in [2.45, 2.75) is 101 Å². The van der Waals surface area contributed by atoms with Gasteiger partial charge in [0.15, 0.2) is 5.79 Å². The molecule has 0 spiro atoms. The Balaban J connectivity index is 1.82. The van der Waals surface area contributed by atoms with E-state index in [1.165, 1.54) is 7.11 Å². The van der Waals surface area contributed by atoms with Crippen molar-refractivity contribution < 1.29 is 48.2 Å². The molecule has 3 aliphatic rings. The molecule has 7 atom stereocenters. The zero-order chi connectivity index (χ0) is 23.9. The van der Waals surface area contributed by atoms with Crippen molar-refractivity contribution in [3.8, 4) is 0 Å². The van der Waals surface area contributed by atoms with Crippen LogP contribution in [0.2, 0.25) is 0 Å². The molecule has 3 heterocycles. The molecule has 3 saturated heterocycles. The van der Waals surface area contributed by atoms with E-state index < -0.39 is 66.1 Å². The lowest BCUT2D eigenvalue weighted by Gasteiger charge is -2.36. The highest BCUT2D eigenvalue weighted by atomic mass is 16.8. The zero-order valence-electron chi connectivity index (χ0n) is 19.5. The van der Waals surface area contributed by atoms with Crippen molar-refractivity contribution in [3.05, 3.63) is 0 Å². The molecule has 184 valence electrons. The molecule has 0 bridgehead atoms. The van der Waals surface area contributed by atoms with Gasteiger partial charge in [0.05, 0.1) is 26.4 Å². The number of fused-ring (bicyclic) bond motifs is 3. The fourth-order valence-corrected chi connectivity index (χ4v) is 4.55. The summed E-state index contributed by atoms with van der Waals surface area (Å²) in [6.45, 7) is 8.35. The molecule has 0 aliphatic carbocycles. The summed E-state index contributed by atoms with van der Waals surface area (Å²) >= 11 is 0. The molecule has 11 nitrogen and oxygen atoms in total. The predicted molar refractivity (Wildman–Crippen MR) is 109 cm³/mol. The van der Waals surface area contributed by atoms with E-state index in [9.17, 15) is 19.8 Å². The largest absolute Gasteiger partial charge is 0.467 e. The molecule has 0 aromatic rings. The molecule has 3 rings (SSSR count). The van der Waals surface area contributed by atoms with Crippen molar-refractivity contribution in [3.63, 3.8) is 0 Å². The van der Waals surface area contributed by atoms with Gasteiger partial charge in [-0.25, -0.2) is 9.59 Å². The Morgan fingerprint density at radius 3 is 2.41 bits per heavy atom. The topological polar surface area (TPSA) is 142 Å². The number of amides is 1. The first-order valence-corrected chi connectivity index (χ1v) is 10.8. The second-order valence-electron chi connectivity index (χ2n) is 9.99. The third-order valence-electron chi connectivity index (χ3n) is 5.81. The fourth-order valence-electron chi connectivity index (χ4n) is 4.55. The standard InChI is InChI=1S/C21H35NO10/c1-19(2,3)32-18(26)22-11(17(25)27-6)7-21(14(24)9-23)8-12-15(31-21)16-13(10-28-12)29-20(4,5)30-16/h11-16,23-24H,7-10H2,1-6H3,(H,22,26)/t11-,12+,13+,14-,15-,16+,21+/m0/s1. The average Bonchev–Trinajstić information content (AvgIpc) is 3.21. The summed E-state index contributed by atoms with van der Waals surface area (Å²) in [6, 6.07) is -1.19. The third kappa shape index (κ3) is 5.35. The van der Waals surface area contributed by atoms with Crippen LogP contribution in [0.15, 0.2) is 0 Å². The summed E-state index contributed by atoms with van der Waals surface area (Å²) in [4.78, 5) is 24.8. The highest BCUT2D eigenvalue weighted by Crippen LogP contribution is 2.46.